The van der Waals surface area contributed by atoms with E-state index in [-0.39, 0.29) is 17.1 Å². The number of nitrogens with two attached hydrogens (primary N) is 1. The summed E-state index contributed by atoms with van der Waals surface area (Å²) in [5.41, 5.74) is 5.87. The van der Waals surface area contributed by atoms with E-state index in [9.17, 15) is 13.2 Å². The SMILES string of the molecule is Cc1cc(CNc2ccc(C(F)(F)F)cc2C(N)=S)no1. The summed E-state index contributed by atoms with van der Waals surface area (Å²) in [5.74, 6) is 0.647. The van der Waals surface area contributed by atoms with Crippen LogP contribution in [0.1, 0.15) is 22.6 Å². The highest BCUT2D eigenvalue weighted by Crippen LogP contribution is 2.32. The number of thiocarbonyl (C=S) groups is 1. The predicted molar refractivity (Wildman–Crippen MR) is 75.9 cm³/mol. The van der Waals surface area contributed by atoms with Crippen molar-refractivity contribution in [2.24, 2.45) is 5.73 Å². The number of benzene rings is 1. The maximum Gasteiger partial charge on any atom is 0.416 e. The Bertz CT molecular complexity index is 667. The van der Waals surface area contributed by atoms with E-state index >= 15 is 0 Å². The van der Waals surface area contributed by atoms with Crippen LogP contribution in [0.2, 0.25) is 0 Å². The van der Waals surface area contributed by atoms with Crippen molar-refractivity contribution in [1.82, 2.24) is 5.16 Å². The molecule has 0 unspecified atom stereocenters. The van der Waals surface area contributed by atoms with E-state index in [4.69, 9.17) is 22.5 Å². The molecule has 0 aliphatic carbocycles. The number of halogens is 3. The number of aryl methyl sites for hydroxylation is 1. The first kappa shape index (κ1) is 15.3. The molecular formula is C13H12F3N3OS. The fraction of sp³-hybridized carbons (Fsp3) is 0.231. The molecule has 0 fully saturated rings. The minimum Gasteiger partial charge on any atom is -0.389 e. The maximum absolute atomic E-state index is 12.7. The summed E-state index contributed by atoms with van der Waals surface area (Å²) in [7, 11) is 0. The molecule has 21 heavy (non-hydrogen) atoms. The van der Waals surface area contributed by atoms with Crippen molar-refractivity contribution >= 4 is 22.9 Å². The number of hydrogen-bond donors (Lipinski definition) is 2. The zero-order chi connectivity index (χ0) is 15.6. The number of alkyl halides is 3. The highest BCUT2D eigenvalue weighted by molar-refractivity contribution is 7.80. The van der Waals surface area contributed by atoms with Crippen LogP contribution in [0.25, 0.3) is 0 Å². The van der Waals surface area contributed by atoms with Crippen LogP contribution in [0.15, 0.2) is 28.8 Å². The predicted octanol–water partition coefficient (Wildman–Crippen LogP) is 3.25. The second-order valence-corrected chi connectivity index (χ2v) is 4.84. The van der Waals surface area contributed by atoms with E-state index in [1.165, 1.54) is 6.07 Å². The first-order chi connectivity index (χ1) is 9.77. The summed E-state index contributed by atoms with van der Waals surface area (Å²) < 4.78 is 43.0. The zero-order valence-electron chi connectivity index (χ0n) is 11.0. The van der Waals surface area contributed by atoms with Crippen molar-refractivity contribution in [3.8, 4) is 0 Å². The van der Waals surface area contributed by atoms with Gasteiger partial charge in [-0.2, -0.15) is 13.2 Å². The maximum atomic E-state index is 12.7. The van der Waals surface area contributed by atoms with Gasteiger partial charge in [-0.25, -0.2) is 0 Å². The molecule has 0 bridgehead atoms. The Hall–Kier alpha value is -2.09. The molecule has 112 valence electrons. The molecule has 4 nitrogen and oxygen atoms in total. The van der Waals surface area contributed by atoms with Crippen molar-refractivity contribution in [2.45, 2.75) is 19.6 Å². The molecule has 0 spiro atoms. The number of rotatable bonds is 4. The van der Waals surface area contributed by atoms with E-state index in [2.05, 4.69) is 10.5 Å². The van der Waals surface area contributed by atoms with Crippen LogP contribution < -0.4 is 11.1 Å². The normalized spacial score (nSPS) is 11.4. The molecule has 0 atom stereocenters. The Balaban J connectivity index is 2.24. The number of nitrogens with zero attached hydrogens (tertiary/aromatic N) is 1. The Morgan fingerprint density at radius 1 is 1.38 bits per heavy atom. The summed E-state index contributed by atoms with van der Waals surface area (Å²) >= 11 is 4.80. The van der Waals surface area contributed by atoms with Crippen molar-refractivity contribution in [2.75, 3.05) is 5.32 Å². The van der Waals surface area contributed by atoms with Gasteiger partial charge in [0.2, 0.25) is 0 Å². The number of hydrogen-bond acceptors (Lipinski definition) is 4. The van der Waals surface area contributed by atoms with E-state index in [0.717, 1.165) is 12.1 Å². The summed E-state index contributed by atoms with van der Waals surface area (Å²) in [6.45, 7) is 2.04. The molecule has 0 saturated carbocycles. The summed E-state index contributed by atoms with van der Waals surface area (Å²) in [4.78, 5) is -0.111. The van der Waals surface area contributed by atoms with Gasteiger partial charge >= 0.3 is 6.18 Å². The topological polar surface area (TPSA) is 64.1 Å². The lowest BCUT2D eigenvalue weighted by Crippen LogP contribution is -2.15. The lowest BCUT2D eigenvalue weighted by atomic mass is 10.1. The quantitative estimate of drug-likeness (QED) is 0.848. The first-order valence-electron chi connectivity index (χ1n) is 5.94. The van der Waals surface area contributed by atoms with Gasteiger partial charge in [-0.1, -0.05) is 17.4 Å². The molecule has 0 aliphatic heterocycles. The van der Waals surface area contributed by atoms with E-state index in [0.29, 0.717) is 17.1 Å². The third-order valence-electron chi connectivity index (χ3n) is 2.75. The second kappa shape index (κ2) is 5.72. The monoisotopic (exact) mass is 315 g/mol. The lowest BCUT2D eigenvalue weighted by molar-refractivity contribution is -0.137. The Morgan fingerprint density at radius 3 is 2.62 bits per heavy atom. The van der Waals surface area contributed by atoms with Crippen LogP contribution in [0.3, 0.4) is 0 Å². The summed E-state index contributed by atoms with van der Waals surface area (Å²) in [5, 5.41) is 6.73. The highest BCUT2D eigenvalue weighted by atomic mass is 32.1. The van der Waals surface area contributed by atoms with Gasteiger partial charge in [0, 0.05) is 17.3 Å². The third kappa shape index (κ3) is 3.72. The standard InChI is InChI=1S/C13H12F3N3OS/c1-7-4-9(19-20-7)6-18-11-3-2-8(13(14,15)16)5-10(11)12(17)21/h2-5,18H,6H2,1H3,(H2,17,21). The van der Waals surface area contributed by atoms with Crippen LogP contribution >= 0.6 is 12.2 Å². The molecule has 1 aromatic carbocycles. The van der Waals surface area contributed by atoms with Crippen molar-refractivity contribution in [3.05, 3.63) is 46.8 Å². The zero-order valence-corrected chi connectivity index (χ0v) is 11.8. The summed E-state index contributed by atoms with van der Waals surface area (Å²) in [6.07, 6.45) is -4.44. The van der Waals surface area contributed by atoms with E-state index in [1.807, 2.05) is 0 Å². The number of anilines is 1. The molecule has 2 aromatic rings. The van der Waals surface area contributed by atoms with Gasteiger partial charge in [-0.15, -0.1) is 0 Å². The molecule has 3 N–H and O–H groups in total. The Kier molecular flexibility index (Phi) is 4.17. The second-order valence-electron chi connectivity index (χ2n) is 4.40. The van der Waals surface area contributed by atoms with Crippen LogP contribution in [0.5, 0.6) is 0 Å². The average molecular weight is 315 g/mol. The van der Waals surface area contributed by atoms with Gasteiger partial charge in [0.25, 0.3) is 0 Å². The molecule has 0 radical (unpaired) electrons. The highest BCUT2D eigenvalue weighted by Gasteiger charge is 2.31. The van der Waals surface area contributed by atoms with Gasteiger partial charge in [0.05, 0.1) is 12.1 Å². The van der Waals surface area contributed by atoms with Crippen molar-refractivity contribution in [3.63, 3.8) is 0 Å². The molecule has 2 rings (SSSR count). The van der Waals surface area contributed by atoms with Gasteiger partial charge in [0.1, 0.15) is 16.4 Å². The van der Waals surface area contributed by atoms with Crippen molar-refractivity contribution < 1.29 is 17.7 Å². The molecule has 0 amide bonds. The minimum atomic E-state index is -4.44. The molecule has 0 aliphatic rings. The fourth-order valence-corrected chi connectivity index (χ4v) is 1.93. The van der Waals surface area contributed by atoms with Crippen LogP contribution in [-0.4, -0.2) is 10.1 Å². The average Bonchev–Trinajstić information content (AvgIpc) is 2.80. The summed E-state index contributed by atoms with van der Waals surface area (Å²) in [6, 6.07) is 4.92. The minimum absolute atomic E-state index is 0.111. The largest absolute Gasteiger partial charge is 0.416 e. The van der Waals surface area contributed by atoms with E-state index < -0.39 is 11.7 Å². The molecular weight excluding hydrogens is 303 g/mol. The van der Waals surface area contributed by atoms with Crippen LogP contribution in [0.4, 0.5) is 18.9 Å². The smallest absolute Gasteiger partial charge is 0.389 e. The molecule has 8 heteroatoms. The van der Waals surface area contributed by atoms with Crippen LogP contribution in [0, 0.1) is 6.92 Å². The molecule has 1 heterocycles. The Morgan fingerprint density at radius 2 is 2.10 bits per heavy atom. The van der Waals surface area contributed by atoms with Gasteiger partial charge in [-0.05, 0) is 25.1 Å². The Labute approximate surface area is 124 Å². The van der Waals surface area contributed by atoms with Crippen LogP contribution in [-0.2, 0) is 12.7 Å². The molecule has 1 aromatic heterocycles. The van der Waals surface area contributed by atoms with E-state index in [1.54, 1.807) is 13.0 Å². The first-order valence-corrected chi connectivity index (χ1v) is 6.35. The lowest BCUT2D eigenvalue weighted by Gasteiger charge is -2.13. The number of aromatic nitrogens is 1. The van der Waals surface area contributed by atoms with Gasteiger partial charge < -0.3 is 15.6 Å². The van der Waals surface area contributed by atoms with Gasteiger partial charge in [0.15, 0.2) is 0 Å². The fourth-order valence-electron chi connectivity index (χ4n) is 1.77. The number of nitrogens with one attached hydrogen (secondary N) is 1. The molecule has 0 saturated heterocycles. The van der Waals surface area contributed by atoms with Crippen molar-refractivity contribution in [1.29, 1.82) is 0 Å². The third-order valence-corrected chi connectivity index (χ3v) is 2.97. The van der Waals surface area contributed by atoms with Gasteiger partial charge in [-0.3, -0.25) is 0 Å².